The highest BCUT2D eigenvalue weighted by Crippen LogP contribution is 2.50. The maximum Gasteiger partial charge on any atom is 0.573 e. The van der Waals surface area contributed by atoms with E-state index in [4.69, 9.17) is 4.74 Å². The minimum absolute atomic E-state index is 0.0127. The monoisotopic (exact) mass is 502 g/mol. The molecule has 1 aromatic carbocycles. The molecule has 1 saturated heterocycles. The first kappa shape index (κ1) is 25.8. The van der Waals surface area contributed by atoms with Crippen LogP contribution in [-0.2, 0) is 22.9 Å². The zero-order chi connectivity index (χ0) is 25.2. The van der Waals surface area contributed by atoms with E-state index in [1.807, 2.05) is 0 Å². The van der Waals surface area contributed by atoms with Crippen molar-refractivity contribution in [2.24, 2.45) is 0 Å². The molecule has 2 fully saturated rings. The number of hydrogen-bond acceptors (Lipinski definition) is 4. The Bertz CT molecular complexity index is 987. The van der Waals surface area contributed by atoms with Gasteiger partial charge in [0.15, 0.2) is 0 Å². The van der Waals surface area contributed by atoms with Gasteiger partial charge in [-0.05, 0) is 68.0 Å². The van der Waals surface area contributed by atoms with Crippen LogP contribution >= 0.6 is 0 Å². The molecular formula is C25H28F6N2O2. The first-order chi connectivity index (χ1) is 16.5. The SMILES string of the molecule is FC(F)(F)Oc1ccc([C@@]2(CCNCc3cnccc3C(F)(F)F)CCOC3(CCCC3)C2)cc1. The third-order valence-electron chi connectivity index (χ3n) is 7.17. The van der Waals surface area contributed by atoms with E-state index in [9.17, 15) is 26.3 Å². The van der Waals surface area contributed by atoms with Gasteiger partial charge in [-0.25, -0.2) is 0 Å². The van der Waals surface area contributed by atoms with E-state index in [1.165, 1.54) is 18.3 Å². The number of aromatic nitrogens is 1. The molecule has 10 heteroatoms. The van der Waals surface area contributed by atoms with Crippen LogP contribution in [-0.4, -0.2) is 30.1 Å². The molecule has 1 spiro atoms. The van der Waals surface area contributed by atoms with Crippen molar-refractivity contribution in [1.82, 2.24) is 10.3 Å². The largest absolute Gasteiger partial charge is 0.573 e. The van der Waals surface area contributed by atoms with E-state index >= 15 is 0 Å². The van der Waals surface area contributed by atoms with Crippen LogP contribution in [0.2, 0.25) is 0 Å². The second kappa shape index (κ2) is 9.97. The minimum Gasteiger partial charge on any atom is -0.406 e. The Morgan fingerprint density at radius 1 is 0.971 bits per heavy atom. The molecule has 1 N–H and O–H groups in total. The van der Waals surface area contributed by atoms with Gasteiger partial charge in [-0.15, -0.1) is 13.2 Å². The molecule has 1 aromatic heterocycles. The van der Waals surface area contributed by atoms with Gasteiger partial charge in [0.05, 0.1) is 11.2 Å². The van der Waals surface area contributed by atoms with Gasteiger partial charge in [-0.3, -0.25) is 4.98 Å². The first-order valence-corrected chi connectivity index (χ1v) is 11.7. The lowest BCUT2D eigenvalue weighted by atomic mass is 9.66. The van der Waals surface area contributed by atoms with E-state index < -0.39 is 18.1 Å². The number of pyridine rings is 1. The van der Waals surface area contributed by atoms with Gasteiger partial charge in [0.2, 0.25) is 0 Å². The lowest BCUT2D eigenvalue weighted by Gasteiger charge is -2.47. The Morgan fingerprint density at radius 2 is 1.69 bits per heavy atom. The number of hydrogen-bond donors (Lipinski definition) is 1. The number of rotatable bonds is 7. The molecule has 192 valence electrons. The molecule has 0 bridgehead atoms. The third kappa shape index (κ3) is 6.27. The molecule has 0 amide bonds. The van der Waals surface area contributed by atoms with E-state index in [1.54, 1.807) is 12.1 Å². The van der Waals surface area contributed by atoms with Crippen molar-refractivity contribution in [3.05, 3.63) is 59.4 Å². The van der Waals surface area contributed by atoms with Crippen LogP contribution < -0.4 is 10.1 Å². The molecule has 1 saturated carbocycles. The van der Waals surface area contributed by atoms with Gasteiger partial charge in [0.25, 0.3) is 0 Å². The van der Waals surface area contributed by atoms with Crippen molar-refractivity contribution in [3.63, 3.8) is 0 Å². The van der Waals surface area contributed by atoms with Gasteiger partial charge in [-0.2, -0.15) is 13.2 Å². The summed E-state index contributed by atoms with van der Waals surface area (Å²) in [5.74, 6) is -0.284. The summed E-state index contributed by atoms with van der Waals surface area (Å²) >= 11 is 0. The van der Waals surface area contributed by atoms with Crippen molar-refractivity contribution in [3.8, 4) is 5.75 Å². The predicted molar refractivity (Wildman–Crippen MR) is 117 cm³/mol. The Kier molecular flexibility index (Phi) is 7.33. The molecule has 0 radical (unpaired) electrons. The average molecular weight is 502 g/mol. The molecule has 1 aliphatic heterocycles. The van der Waals surface area contributed by atoms with Crippen LogP contribution in [0.15, 0.2) is 42.7 Å². The van der Waals surface area contributed by atoms with E-state index in [2.05, 4.69) is 15.0 Å². The summed E-state index contributed by atoms with van der Waals surface area (Å²) in [5.41, 5.74) is -0.381. The zero-order valence-corrected chi connectivity index (χ0v) is 19.1. The number of benzene rings is 1. The second-order valence-corrected chi connectivity index (χ2v) is 9.48. The van der Waals surface area contributed by atoms with Crippen LogP contribution in [0, 0.1) is 0 Å². The summed E-state index contributed by atoms with van der Waals surface area (Å²) in [7, 11) is 0. The molecule has 35 heavy (non-hydrogen) atoms. The summed E-state index contributed by atoms with van der Waals surface area (Å²) in [6.45, 7) is 0.976. The molecule has 2 aromatic rings. The number of ether oxygens (including phenoxy) is 2. The van der Waals surface area contributed by atoms with Crippen molar-refractivity contribution >= 4 is 0 Å². The van der Waals surface area contributed by atoms with Crippen LogP contribution in [0.4, 0.5) is 26.3 Å². The summed E-state index contributed by atoms with van der Waals surface area (Å²) in [5, 5.41) is 3.12. The highest BCUT2D eigenvalue weighted by atomic mass is 19.4. The summed E-state index contributed by atoms with van der Waals surface area (Å²) in [4.78, 5) is 3.82. The molecule has 0 unspecified atom stereocenters. The smallest absolute Gasteiger partial charge is 0.406 e. The van der Waals surface area contributed by atoms with Crippen LogP contribution in [0.3, 0.4) is 0 Å². The lowest BCUT2D eigenvalue weighted by Crippen LogP contribution is -2.47. The molecule has 4 nitrogen and oxygen atoms in total. The van der Waals surface area contributed by atoms with Gasteiger partial charge < -0.3 is 14.8 Å². The highest BCUT2D eigenvalue weighted by Gasteiger charge is 2.47. The topological polar surface area (TPSA) is 43.4 Å². The van der Waals surface area contributed by atoms with Gasteiger partial charge in [0, 0.05) is 31.0 Å². The zero-order valence-electron chi connectivity index (χ0n) is 19.1. The van der Waals surface area contributed by atoms with Gasteiger partial charge >= 0.3 is 12.5 Å². The Labute approximate surface area is 200 Å². The maximum atomic E-state index is 13.3. The van der Waals surface area contributed by atoms with Crippen molar-refractivity contribution in [2.75, 3.05) is 13.2 Å². The van der Waals surface area contributed by atoms with Crippen molar-refractivity contribution in [1.29, 1.82) is 0 Å². The van der Waals surface area contributed by atoms with Crippen LogP contribution in [0.1, 0.15) is 61.6 Å². The summed E-state index contributed by atoms with van der Waals surface area (Å²) in [6, 6.07) is 6.93. The fourth-order valence-corrected chi connectivity index (χ4v) is 5.57. The van der Waals surface area contributed by atoms with E-state index in [-0.39, 0.29) is 28.9 Å². The van der Waals surface area contributed by atoms with Crippen LogP contribution in [0.5, 0.6) is 5.75 Å². The number of nitrogens with one attached hydrogen (secondary N) is 1. The standard InChI is InChI=1S/C25H28F6N2O2/c26-24(27,28)21-7-12-32-15-18(21)16-33-13-10-22(11-14-34-23(17-22)8-1-2-9-23)19-3-5-20(6-4-19)35-25(29,30)31/h3-7,12,15,33H,1-2,8-11,13-14,16-17H2/t22-/m0/s1. The van der Waals surface area contributed by atoms with Gasteiger partial charge in [0.1, 0.15) is 5.75 Å². The maximum absolute atomic E-state index is 13.3. The highest BCUT2D eigenvalue weighted by molar-refractivity contribution is 5.34. The Morgan fingerprint density at radius 3 is 2.34 bits per heavy atom. The molecule has 4 rings (SSSR count). The van der Waals surface area contributed by atoms with Crippen molar-refractivity contribution in [2.45, 2.75) is 75.0 Å². The minimum atomic E-state index is -4.77. The third-order valence-corrected chi connectivity index (χ3v) is 7.17. The molecular weight excluding hydrogens is 474 g/mol. The number of halogens is 6. The average Bonchev–Trinajstić information content (AvgIpc) is 3.23. The molecule has 2 heterocycles. The predicted octanol–water partition coefficient (Wildman–Crippen LogP) is 6.54. The Balaban J connectivity index is 1.50. The molecule has 1 atom stereocenters. The van der Waals surface area contributed by atoms with Crippen LogP contribution in [0.25, 0.3) is 0 Å². The van der Waals surface area contributed by atoms with Gasteiger partial charge in [-0.1, -0.05) is 25.0 Å². The first-order valence-electron chi connectivity index (χ1n) is 11.7. The second-order valence-electron chi connectivity index (χ2n) is 9.48. The molecule has 1 aliphatic carbocycles. The Hall–Kier alpha value is -2.33. The molecule has 2 aliphatic rings. The lowest BCUT2D eigenvalue weighted by molar-refractivity contribution is -0.274. The van der Waals surface area contributed by atoms with E-state index in [0.29, 0.717) is 26.0 Å². The van der Waals surface area contributed by atoms with E-state index in [0.717, 1.165) is 49.9 Å². The fraction of sp³-hybridized carbons (Fsp3) is 0.560. The number of alkyl halides is 6. The quantitative estimate of drug-likeness (QED) is 0.345. The van der Waals surface area contributed by atoms with Crippen molar-refractivity contribution < 1.29 is 35.8 Å². The fourth-order valence-electron chi connectivity index (χ4n) is 5.57. The summed E-state index contributed by atoms with van der Waals surface area (Å²) < 4.78 is 87.9. The summed E-state index contributed by atoms with van der Waals surface area (Å²) in [6.07, 6.45) is -0.888. The number of nitrogens with zero attached hydrogens (tertiary/aromatic N) is 1. The normalized spacial score (nSPS) is 22.5.